The van der Waals surface area contributed by atoms with E-state index in [9.17, 15) is 4.79 Å². The molecule has 108 valence electrons. The lowest BCUT2D eigenvalue weighted by atomic mass is 9.93. The number of benzene rings is 1. The lowest BCUT2D eigenvalue weighted by Crippen LogP contribution is -2.14. The van der Waals surface area contributed by atoms with Crippen LogP contribution in [0.3, 0.4) is 0 Å². The Bertz CT molecular complexity index is 827. The van der Waals surface area contributed by atoms with Crippen LogP contribution in [0.4, 0.5) is 0 Å². The Morgan fingerprint density at radius 3 is 2.71 bits per heavy atom. The third-order valence-corrected chi connectivity index (χ3v) is 4.10. The van der Waals surface area contributed by atoms with Crippen molar-refractivity contribution in [2.24, 2.45) is 0 Å². The zero-order valence-electron chi connectivity index (χ0n) is 12.0. The Hall–Kier alpha value is -2.21. The Balaban J connectivity index is 2.24. The van der Waals surface area contributed by atoms with Crippen molar-refractivity contribution in [1.82, 2.24) is 14.6 Å². The van der Waals surface area contributed by atoms with Crippen LogP contribution in [-0.4, -0.2) is 25.7 Å². The highest BCUT2D eigenvalue weighted by Crippen LogP contribution is 2.31. The van der Waals surface area contributed by atoms with Crippen molar-refractivity contribution < 1.29 is 9.90 Å². The summed E-state index contributed by atoms with van der Waals surface area (Å²) in [6, 6.07) is 6.78. The van der Waals surface area contributed by atoms with Gasteiger partial charge in [-0.15, -0.1) is 21.5 Å². The lowest BCUT2D eigenvalue weighted by molar-refractivity contribution is 0.0697. The summed E-state index contributed by atoms with van der Waals surface area (Å²) < 4.78 is 2.01. The van der Waals surface area contributed by atoms with Crippen molar-refractivity contribution in [1.29, 1.82) is 0 Å². The van der Waals surface area contributed by atoms with E-state index in [1.54, 1.807) is 18.2 Å². The molecule has 0 saturated carbocycles. The summed E-state index contributed by atoms with van der Waals surface area (Å²) in [6.45, 7) is 6.39. The van der Waals surface area contributed by atoms with Gasteiger partial charge >= 0.3 is 5.97 Å². The molecule has 0 radical (unpaired) electrons. The fourth-order valence-electron chi connectivity index (χ4n) is 2.22. The van der Waals surface area contributed by atoms with Crippen molar-refractivity contribution >= 4 is 22.3 Å². The summed E-state index contributed by atoms with van der Waals surface area (Å²) in [5, 5.41) is 19.6. The number of aromatic carboxylic acids is 1. The molecule has 3 aromatic rings. The first-order chi connectivity index (χ1) is 9.88. The van der Waals surface area contributed by atoms with E-state index < -0.39 is 5.97 Å². The topological polar surface area (TPSA) is 67.5 Å². The minimum absolute atomic E-state index is 0.0419. The smallest absolute Gasteiger partial charge is 0.335 e. The van der Waals surface area contributed by atoms with Crippen LogP contribution in [0.1, 0.15) is 36.8 Å². The second-order valence-corrected chi connectivity index (χ2v) is 6.74. The number of thiazole rings is 1. The normalized spacial score (nSPS) is 12.0. The molecule has 0 bridgehead atoms. The molecule has 1 aromatic carbocycles. The highest BCUT2D eigenvalue weighted by atomic mass is 32.1. The molecule has 0 aliphatic heterocycles. The third-order valence-electron chi connectivity index (χ3n) is 3.29. The summed E-state index contributed by atoms with van der Waals surface area (Å²) in [5.74, 6) is -0.266. The summed E-state index contributed by atoms with van der Waals surface area (Å²) in [7, 11) is 0. The van der Waals surface area contributed by atoms with Crippen LogP contribution in [0.5, 0.6) is 0 Å². The van der Waals surface area contributed by atoms with Gasteiger partial charge in [0.2, 0.25) is 4.96 Å². The molecule has 3 rings (SSSR count). The van der Waals surface area contributed by atoms with E-state index >= 15 is 0 Å². The lowest BCUT2D eigenvalue weighted by Gasteiger charge is -2.17. The maximum Gasteiger partial charge on any atom is 0.335 e. The second kappa shape index (κ2) is 4.66. The molecule has 0 fully saturated rings. The highest BCUT2D eigenvalue weighted by molar-refractivity contribution is 7.15. The predicted molar refractivity (Wildman–Crippen MR) is 82.0 cm³/mol. The van der Waals surface area contributed by atoms with Crippen LogP contribution in [0.2, 0.25) is 0 Å². The SMILES string of the molecule is CC(C)(C)c1csc2nnc(-c3cccc(C(=O)O)c3)n12. The average molecular weight is 301 g/mol. The standard InChI is InChI=1S/C15H15N3O2S/c1-15(2,3)11-8-21-14-17-16-12(18(11)14)9-5-4-6-10(7-9)13(19)20/h4-8H,1-3H3,(H,19,20). The first-order valence-electron chi connectivity index (χ1n) is 6.55. The number of hydrogen-bond donors (Lipinski definition) is 1. The predicted octanol–water partition coefficient (Wildman–Crippen LogP) is 3.45. The van der Waals surface area contributed by atoms with Gasteiger partial charge in [-0.05, 0) is 12.1 Å². The molecule has 6 heteroatoms. The molecule has 0 unspecified atom stereocenters. The number of carbonyl (C=O) groups is 1. The number of nitrogens with zero attached hydrogens (tertiary/aromatic N) is 3. The Labute approximate surface area is 125 Å². The van der Waals surface area contributed by atoms with Gasteiger partial charge in [0.05, 0.1) is 5.56 Å². The number of fused-ring (bicyclic) bond motifs is 1. The van der Waals surface area contributed by atoms with E-state index in [0.717, 1.165) is 16.2 Å². The average Bonchev–Trinajstić information content (AvgIpc) is 2.98. The summed E-state index contributed by atoms with van der Waals surface area (Å²) in [5.41, 5.74) is 2.08. The van der Waals surface area contributed by atoms with Gasteiger partial charge in [0.25, 0.3) is 0 Å². The molecule has 0 saturated heterocycles. The molecule has 2 heterocycles. The number of carboxylic acid groups (broad SMARTS) is 1. The maximum absolute atomic E-state index is 11.1. The number of hydrogen-bond acceptors (Lipinski definition) is 4. The number of aromatic nitrogens is 3. The molecule has 0 aliphatic carbocycles. The fraction of sp³-hybridized carbons (Fsp3) is 0.267. The van der Waals surface area contributed by atoms with Gasteiger partial charge in [-0.1, -0.05) is 32.9 Å². The second-order valence-electron chi connectivity index (χ2n) is 5.90. The minimum Gasteiger partial charge on any atom is -0.478 e. The summed E-state index contributed by atoms with van der Waals surface area (Å²) in [4.78, 5) is 11.9. The molecule has 5 nitrogen and oxygen atoms in total. The van der Waals surface area contributed by atoms with Crippen LogP contribution in [0.15, 0.2) is 29.6 Å². The molecule has 21 heavy (non-hydrogen) atoms. The van der Waals surface area contributed by atoms with Crippen LogP contribution in [-0.2, 0) is 5.41 Å². The van der Waals surface area contributed by atoms with Gasteiger partial charge in [0.1, 0.15) is 0 Å². The van der Waals surface area contributed by atoms with Crippen LogP contribution in [0, 0.1) is 0 Å². The van der Waals surface area contributed by atoms with Gasteiger partial charge in [-0.3, -0.25) is 4.40 Å². The van der Waals surface area contributed by atoms with E-state index in [2.05, 4.69) is 36.3 Å². The molecule has 2 aromatic heterocycles. The molecule has 0 amide bonds. The Morgan fingerprint density at radius 1 is 1.29 bits per heavy atom. The van der Waals surface area contributed by atoms with Crippen molar-refractivity contribution in [3.05, 3.63) is 40.9 Å². The zero-order chi connectivity index (χ0) is 15.2. The molecular weight excluding hydrogens is 286 g/mol. The molecular formula is C15H15N3O2S. The zero-order valence-corrected chi connectivity index (χ0v) is 12.8. The Kier molecular flexibility index (Phi) is 3.06. The molecule has 0 aliphatic rings. The first-order valence-corrected chi connectivity index (χ1v) is 7.43. The minimum atomic E-state index is -0.945. The van der Waals surface area contributed by atoms with Crippen molar-refractivity contribution in [2.75, 3.05) is 0 Å². The van der Waals surface area contributed by atoms with E-state index in [1.807, 2.05) is 10.5 Å². The van der Waals surface area contributed by atoms with Crippen molar-refractivity contribution in [3.8, 4) is 11.4 Å². The number of carboxylic acids is 1. The Morgan fingerprint density at radius 2 is 2.05 bits per heavy atom. The van der Waals surface area contributed by atoms with Crippen LogP contribution >= 0.6 is 11.3 Å². The summed E-state index contributed by atoms with van der Waals surface area (Å²) in [6.07, 6.45) is 0. The first kappa shape index (κ1) is 13.8. The van der Waals surface area contributed by atoms with E-state index in [0.29, 0.717) is 5.82 Å². The number of rotatable bonds is 2. The van der Waals surface area contributed by atoms with Gasteiger partial charge in [0.15, 0.2) is 5.82 Å². The van der Waals surface area contributed by atoms with Gasteiger partial charge in [-0.2, -0.15) is 0 Å². The van der Waals surface area contributed by atoms with E-state index in [1.165, 1.54) is 11.3 Å². The third kappa shape index (κ3) is 2.31. The van der Waals surface area contributed by atoms with Gasteiger partial charge < -0.3 is 5.11 Å². The molecule has 1 N–H and O–H groups in total. The quantitative estimate of drug-likeness (QED) is 0.787. The van der Waals surface area contributed by atoms with Crippen LogP contribution < -0.4 is 0 Å². The van der Waals surface area contributed by atoms with Crippen molar-refractivity contribution in [2.45, 2.75) is 26.2 Å². The van der Waals surface area contributed by atoms with Gasteiger partial charge in [-0.25, -0.2) is 4.79 Å². The monoisotopic (exact) mass is 301 g/mol. The largest absolute Gasteiger partial charge is 0.478 e. The molecule has 0 spiro atoms. The van der Waals surface area contributed by atoms with Crippen molar-refractivity contribution in [3.63, 3.8) is 0 Å². The van der Waals surface area contributed by atoms with Crippen LogP contribution in [0.25, 0.3) is 16.3 Å². The molecule has 0 atom stereocenters. The van der Waals surface area contributed by atoms with Gasteiger partial charge in [0, 0.05) is 22.1 Å². The fourth-order valence-corrected chi connectivity index (χ4v) is 3.27. The van der Waals surface area contributed by atoms with E-state index in [4.69, 9.17) is 5.11 Å². The summed E-state index contributed by atoms with van der Waals surface area (Å²) >= 11 is 1.54. The highest BCUT2D eigenvalue weighted by Gasteiger charge is 2.22. The maximum atomic E-state index is 11.1. The van der Waals surface area contributed by atoms with E-state index in [-0.39, 0.29) is 11.0 Å².